The Morgan fingerprint density at radius 2 is 1.79 bits per heavy atom. The van der Waals surface area contributed by atoms with Gasteiger partial charge in [0.1, 0.15) is 5.76 Å². The molecule has 3 nitrogen and oxygen atoms in total. The van der Waals surface area contributed by atoms with Crippen molar-refractivity contribution in [3.05, 3.63) is 11.5 Å². The van der Waals surface area contributed by atoms with Crippen LogP contribution in [0.25, 0.3) is 0 Å². The van der Waals surface area contributed by atoms with Gasteiger partial charge in [0.05, 0.1) is 5.70 Å². The van der Waals surface area contributed by atoms with Crippen LogP contribution >= 0.6 is 0 Å². The summed E-state index contributed by atoms with van der Waals surface area (Å²) in [5.41, 5.74) is 0.933. The average molecular weight is 197 g/mol. The average Bonchev–Trinajstić information content (AvgIpc) is 2.08. The molecule has 1 atom stereocenters. The fraction of sp³-hybridized carbons (Fsp3) is 0.727. The second-order valence-electron chi connectivity index (χ2n) is 4.34. The maximum absolute atomic E-state index is 11.4. The topological polar surface area (TPSA) is 38.3 Å². The van der Waals surface area contributed by atoms with E-state index < -0.39 is 0 Å². The minimum atomic E-state index is -0.366. The van der Waals surface area contributed by atoms with Gasteiger partial charge in [0.15, 0.2) is 6.10 Å². The predicted molar refractivity (Wildman–Crippen MR) is 55.4 cm³/mol. The Morgan fingerprint density at radius 3 is 2.21 bits per heavy atom. The van der Waals surface area contributed by atoms with Crippen LogP contribution in [-0.2, 0) is 9.53 Å². The molecule has 80 valence electrons. The molecule has 0 aliphatic carbocycles. The van der Waals surface area contributed by atoms with Crippen LogP contribution in [0.2, 0.25) is 0 Å². The molecule has 0 radical (unpaired) electrons. The Bertz CT molecular complexity index is 266. The molecule has 0 aromatic carbocycles. The molecule has 1 aliphatic heterocycles. The van der Waals surface area contributed by atoms with Crippen molar-refractivity contribution in [1.82, 2.24) is 5.32 Å². The van der Waals surface area contributed by atoms with E-state index in [1.54, 1.807) is 6.92 Å². The molecule has 1 aliphatic rings. The molecular weight excluding hydrogens is 178 g/mol. The molecule has 0 saturated carbocycles. The lowest BCUT2D eigenvalue weighted by Crippen LogP contribution is -2.41. The first kappa shape index (κ1) is 11.1. The van der Waals surface area contributed by atoms with Crippen molar-refractivity contribution in [2.75, 3.05) is 0 Å². The zero-order valence-corrected chi connectivity index (χ0v) is 9.55. The Kier molecular flexibility index (Phi) is 3.19. The van der Waals surface area contributed by atoms with Gasteiger partial charge in [0, 0.05) is 5.92 Å². The highest BCUT2D eigenvalue weighted by atomic mass is 16.5. The largest absolute Gasteiger partial charge is 0.483 e. The summed E-state index contributed by atoms with van der Waals surface area (Å²) >= 11 is 0. The van der Waals surface area contributed by atoms with Crippen LogP contribution in [0.3, 0.4) is 0 Å². The SMILES string of the molecule is CC(C)C1=C(C(C)C)O[C@@H](C)C(=O)N1. The van der Waals surface area contributed by atoms with E-state index in [0.29, 0.717) is 11.8 Å². The van der Waals surface area contributed by atoms with Gasteiger partial charge in [-0.3, -0.25) is 4.79 Å². The third-order valence-electron chi connectivity index (χ3n) is 2.30. The van der Waals surface area contributed by atoms with Gasteiger partial charge in [-0.15, -0.1) is 0 Å². The molecule has 1 amide bonds. The molecule has 0 fully saturated rings. The summed E-state index contributed by atoms with van der Waals surface area (Å²) in [6, 6.07) is 0. The third-order valence-corrected chi connectivity index (χ3v) is 2.30. The number of allylic oxidation sites excluding steroid dienone is 2. The Balaban J connectivity index is 3.01. The van der Waals surface area contributed by atoms with E-state index in [0.717, 1.165) is 11.5 Å². The van der Waals surface area contributed by atoms with Gasteiger partial charge in [-0.2, -0.15) is 0 Å². The second-order valence-corrected chi connectivity index (χ2v) is 4.34. The molecular formula is C11H19NO2. The van der Waals surface area contributed by atoms with Crippen LogP contribution in [0.4, 0.5) is 0 Å². The zero-order valence-electron chi connectivity index (χ0n) is 9.55. The van der Waals surface area contributed by atoms with Crippen LogP contribution in [0.15, 0.2) is 11.5 Å². The minimum Gasteiger partial charge on any atom is -0.483 e. The van der Waals surface area contributed by atoms with E-state index >= 15 is 0 Å². The number of rotatable bonds is 2. The number of hydrogen-bond donors (Lipinski definition) is 1. The minimum absolute atomic E-state index is 0.0434. The van der Waals surface area contributed by atoms with E-state index in [1.807, 2.05) is 0 Å². The lowest BCUT2D eigenvalue weighted by molar-refractivity contribution is -0.131. The van der Waals surface area contributed by atoms with Crippen molar-refractivity contribution in [3.8, 4) is 0 Å². The molecule has 3 heteroatoms. The summed E-state index contributed by atoms with van der Waals surface area (Å²) in [7, 11) is 0. The fourth-order valence-electron chi connectivity index (χ4n) is 1.48. The van der Waals surface area contributed by atoms with E-state index in [1.165, 1.54) is 0 Å². The standard InChI is InChI=1S/C11H19NO2/c1-6(2)9-10(7(3)4)14-8(5)11(13)12-9/h6-8H,1-5H3,(H,12,13)/t8-/m0/s1. The zero-order chi connectivity index (χ0) is 10.9. The van der Waals surface area contributed by atoms with E-state index in [2.05, 4.69) is 33.0 Å². The van der Waals surface area contributed by atoms with E-state index in [9.17, 15) is 4.79 Å². The van der Waals surface area contributed by atoms with Crippen molar-refractivity contribution in [3.63, 3.8) is 0 Å². The van der Waals surface area contributed by atoms with Gasteiger partial charge in [0.25, 0.3) is 5.91 Å². The number of carbonyl (C=O) groups is 1. The van der Waals surface area contributed by atoms with Crippen LogP contribution in [0, 0.1) is 11.8 Å². The highest BCUT2D eigenvalue weighted by Crippen LogP contribution is 2.25. The van der Waals surface area contributed by atoms with Gasteiger partial charge in [-0.05, 0) is 12.8 Å². The number of nitrogens with one attached hydrogen (secondary N) is 1. The summed E-state index contributed by atoms with van der Waals surface area (Å²) in [6.45, 7) is 10.0. The Morgan fingerprint density at radius 1 is 1.21 bits per heavy atom. The summed E-state index contributed by atoms with van der Waals surface area (Å²) in [5.74, 6) is 1.49. The summed E-state index contributed by atoms with van der Waals surface area (Å²) in [6.07, 6.45) is -0.366. The van der Waals surface area contributed by atoms with Crippen molar-refractivity contribution < 1.29 is 9.53 Å². The molecule has 0 spiro atoms. The fourth-order valence-corrected chi connectivity index (χ4v) is 1.48. The quantitative estimate of drug-likeness (QED) is 0.735. The summed E-state index contributed by atoms with van der Waals surface area (Å²) < 4.78 is 5.60. The Labute approximate surface area is 85.5 Å². The van der Waals surface area contributed by atoms with Crippen molar-refractivity contribution in [2.24, 2.45) is 11.8 Å². The first-order chi connectivity index (χ1) is 6.43. The van der Waals surface area contributed by atoms with Gasteiger partial charge < -0.3 is 10.1 Å². The maximum Gasteiger partial charge on any atom is 0.264 e. The molecule has 1 N–H and O–H groups in total. The monoisotopic (exact) mass is 197 g/mol. The van der Waals surface area contributed by atoms with E-state index in [-0.39, 0.29) is 12.0 Å². The van der Waals surface area contributed by atoms with Crippen molar-refractivity contribution in [2.45, 2.75) is 40.7 Å². The van der Waals surface area contributed by atoms with Crippen LogP contribution in [-0.4, -0.2) is 12.0 Å². The Hall–Kier alpha value is -0.990. The number of hydrogen-bond acceptors (Lipinski definition) is 2. The highest BCUT2D eigenvalue weighted by molar-refractivity contribution is 5.83. The maximum atomic E-state index is 11.4. The van der Waals surface area contributed by atoms with Crippen LogP contribution < -0.4 is 5.32 Å². The van der Waals surface area contributed by atoms with Gasteiger partial charge in [-0.1, -0.05) is 27.7 Å². The van der Waals surface area contributed by atoms with Crippen LogP contribution in [0.1, 0.15) is 34.6 Å². The second kappa shape index (κ2) is 4.03. The van der Waals surface area contributed by atoms with Crippen molar-refractivity contribution in [1.29, 1.82) is 0 Å². The van der Waals surface area contributed by atoms with Gasteiger partial charge in [0.2, 0.25) is 0 Å². The molecule has 0 aromatic heterocycles. The van der Waals surface area contributed by atoms with Crippen LogP contribution in [0.5, 0.6) is 0 Å². The van der Waals surface area contributed by atoms with Gasteiger partial charge in [-0.25, -0.2) is 0 Å². The number of carbonyl (C=O) groups excluding carboxylic acids is 1. The molecule has 14 heavy (non-hydrogen) atoms. The third kappa shape index (κ3) is 2.08. The molecule has 0 aromatic rings. The predicted octanol–water partition coefficient (Wildman–Crippen LogP) is 2.04. The summed E-state index contributed by atoms with van der Waals surface area (Å²) in [4.78, 5) is 11.4. The van der Waals surface area contributed by atoms with Crippen molar-refractivity contribution >= 4 is 5.91 Å². The molecule has 1 rings (SSSR count). The number of amides is 1. The molecule has 0 bridgehead atoms. The summed E-state index contributed by atoms with van der Waals surface area (Å²) in [5, 5.41) is 2.91. The number of ether oxygens (including phenoxy) is 1. The molecule has 0 saturated heterocycles. The molecule has 0 unspecified atom stereocenters. The first-order valence-corrected chi connectivity index (χ1v) is 5.15. The first-order valence-electron chi connectivity index (χ1n) is 5.15. The van der Waals surface area contributed by atoms with Gasteiger partial charge >= 0.3 is 0 Å². The molecule has 1 heterocycles. The lowest BCUT2D eigenvalue weighted by Gasteiger charge is -2.30. The normalized spacial score (nSPS) is 22.8. The van der Waals surface area contributed by atoms with E-state index in [4.69, 9.17) is 4.74 Å². The highest BCUT2D eigenvalue weighted by Gasteiger charge is 2.28. The smallest absolute Gasteiger partial charge is 0.264 e. The lowest BCUT2D eigenvalue weighted by atomic mass is 10.0.